The topological polar surface area (TPSA) is 135 Å². The van der Waals surface area contributed by atoms with Crippen molar-refractivity contribution in [3.63, 3.8) is 0 Å². The van der Waals surface area contributed by atoms with Gasteiger partial charge in [-0.15, -0.1) is 0 Å². The maximum absolute atomic E-state index is 13.0. The van der Waals surface area contributed by atoms with E-state index in [0.717, 1.165) is 11.1 Å². The van der Waals surface area contributed by atoms with Crippen molar-refractivity contribution in [2.75, 3.05) is 6.61 Å². The van der Waals surface area contributed by atoms with Crippen LogP contribution in [0.15, 0.2) is 69.9 Å². The van der Waals surface area contributed by atoms with Crippen molar-refractivity contribution in [2.45, 2.75) is 12.8 Å². The summed E-state index contributed by atoms with van der Waals surface area (Å²) in [6.45, 7) is -0.00635. The normalized spacial score (nSPS) is 18.9. The monoisotopic (exact) mass is 386 g/mol. The molecule has 2 aromatic rings. The van der Waals surface area contributed by atoms with Gasteiger partial charge in [0.15, 0.2) is 5.78 Å². The summed E-state index contributed by atoms with van der Waals surface area (Å²) in [4.78, 5) is 18.5. The van der Waals surface area contributed by atoms with Gasteiger partial charge in [0.1, 0.15) is 0 Å². The molecule has 29 heavy (non-hydrogen) atoms. The second-order valence-electron chi connectivity index (χ2n) is 6.69. The zero-order valence-electron chi connectivity index (χ0n) is 15.5. The van der Waals surface area contributed by atoms with E-state index in [-0.39, 0.29) is 18.3 Å². The van der Waals surface area contributed by atoms with Crippen LogP contribution in [0.25, 0.3) is 33.0 Å². The maximum Gasteiger partial charge on any atom is 0.185 e. The Morgan fingerprint density at radius 2 is 1.28 bits per heavy atom. The Kier molecular flexibility index (Phi) is 6.45. The summed E-state index contributed by atoms with van der Waals surface area (Å²) in [5.41, 5.74) is 20.9. The average molecular weight is 386 g/mol. The van der Waals surface area contributed by atoms with E-state index < -0.39 is 0 Å². The van der Waals surface area contributed by atoms with E-state index in [1.807, 2.05) is 12.2 Å². The van der Waals surface area contributed by atoms with E-state index in [2.05, 4.69) is 20.1 Å². The summed E-state index contributed by atoms with van der Waals surface area (Å²) in [6, 6.07) is 13.9. The number of hydrogen-bond donors (Lipinski definition) is 1. The summed E-state index contributed by atoms with van der Waals surface area (Å²) in [5, 5.41) is 16.7. The molecule has 0 saturated heterocycles. The molecule has 8 heteroatoms. The molecule has 0 radical (unpaired) electrons. The number of carbonyl (C=O) groups excluding carboxylic acids is 1. The number of Topliss-reactive ketones (excluding diaryl/α,β-unsaturated/α-hetero) is 1. The second-order valence-corrected chi connectivity index (χ2v) is 6.69. The molecular formula is C21H18N6O2. The van der Waals surface area contributed by atoms with Gasteiger partial charge in [0.05, 0.1) is 0 Å². The van der Waals surface area contributed by atoms with Crippen LogP contribution in [0.3, 0.4) is 0 Å². The van der Waals surface area contributed by atoms with E-state index in [0.29, 0.717) is 35.4 Å². The fraction of sp³-hybridized carbons (Fsp3) is 0.190. The number of ketones is 1. The summed E-state index contributed by atoms with van der Waals surface area (Å²) in [6.07, 6.45) is 4.62. The Balaban J connectivity index is 1.89. The molecule has 0 spiro atoms. The fourth-order valence-electron chi connectivity index (χ4n) is 3.24. The molecule has 1 saturated carbocycles. The van der Waals surface area contributed by atoms with Gasteiger partial charge in [-0.25, -0.2) is 0 Å². The van der Waals surface area contributed by atoms with Crippen molar-refractivity contribution < 1.29 is 9.90 Å². The van der Waals surface area contributed by atoms with Crippen molar-refractivity contribution in [3.05, 3.63) is 91.7 Å². The molecule has 0 aliphatic heterocycles. The average Bonchev–Trinajstić information content (AvgIpc) is 2.74. The van der Waals surface area contributed by atoms with Gasteiger partial charge in [-0.2, -0.15) is 0 Å². The largest absolute Gasteiger partial charge is 0.396 e. The molecule has 2 aromatic carbocycles. The van der Waals surface area contributed by atoms with Crippen molar-refractivity contribution in [3.8, 4) is 0 Å². The third-order valence-corrected chi connectivity index (χ3v) is 4.65. The molecule has 0 amide bonds. The van der Waals surface area contributed by atoms with Crippen LogP contribution in [0, 0.1) is 5.92 Å². The zero-order valence-corrected chi connectivity index (χ0v) is 15.5. The van der Waals surface area contributed by atoms with E-state index in [9.17, 15) is 9.90 Å². The lowest BCUT2D eigenvalue weighted by Gasteiger charge is -2.24. The molecule has 1 aliphatic rings. The van der Waals surface area contributed by atoms with Crippen LogP contribution in [0.5, 0.6) is 0 Å². The van der Waals surface area contributed by atoms with Crippen LogP contribution in [-0.2, 0) is 4.79 Å². The molecule has 1 fully saturated rings. The van der Waals surface area contributed by atoms with Crippen LogP contribution in [0.1, 0.15) is 24.0 Å². The smallest absolute Gasteiger partial charge is 0.185 e. The number of benzene rings is 2. The Bertz CT molecular complexity index is 974. The standard InChI is InChI=1S/C21H18N6O2/c22-26-24-19-5-1-14(2-6-19)9-17-11-16(13-28)12-18(21(17)29)10-15-3-7-20(8-4-15)25-27-23/h1-10,16,28H,11-13H2/b17-9-,18-10+. The van der Waals surface area contributed by atoms with Crippen LogP contribution >= 0.6 is 0 Å². The summed E-state index contributed by atoms with van der Waals surface area (Å²) >= 11 is 0. The van der Waals surface area contributed by atoms with Gasteiger partial charge >= 0.3 is 0 Å². The number of nitrogens with zero attached hydrogens (tertiary/aromatic N) is 6. The minimum absolute atomic E-state index is 0.00635. The first-order chi connectivity index (χ1) is 14.1. The molecule has 0 heterocycles. The SMILES string of the molecule is [N-]=[N+]=Nc1ccc(/C=C2/CC(CO)C/C(=C\c3ccc(N=[N+]=[N-])cc3)C2=O)cc1. The number of aliphatic hydroxyl groups excluding tert-OH is 1. The molecule has 144 valence electrons. The van der Waals surface area contributed by atoms with Crippen molar-refractivity contribution in [2.24, 2.45) is 16.1 Å². The molecule has 0 aromatic heterocycles. The third kappa shape index (κ3) is 5.12. The molecule has 8 nitrogen and oxygen atoms in total. The van der Waals surface area contributed by atoms with Crippen LogP contribution in [-0.4, -0.2) is 17.5 Å². The van der Waals surface area contributed by atoms with E-state index in [1.54, 1.807) is 48.5 Å². The van der Waals surface area contributed by atoms with Crippen LogP contribution in [0.4, 0.5) is 11.4 Å². The Hall–Kier alpha value is -3.83. The van der Waals surface area contributed by atoms with Gasteiger partial charge in [0.2, 0.25) is 0 Å². The molecule has 1 atom stereocenters. The maximum atomic E-state index is 13.0. The molecule has 3 rings (SSSR count). The highest BCUT2D eigenvalue weighted by molar-refractivity contribution is 6.14. The first-order valence-electron chi connectivity index (χ1n) is 9.00. The van der Waals surface area contributed by atoms with Crippen molar-refractivity contribution in [1.82, 2.24) is 0 Å². The number of aliphatic hydroxyl groups is 1. The molecular weight excluding hydrogens is 368 g/mol. The Labute approximate surface area is 167 Å². The third-order valence-electron chi connectivity index (χ3n) is 4.65. The molecule has 1 N–H and O–H groups in total. The van der Waals surface area contributed by atoms with E-state index >= 15 is 0 Å². The summed E-state index contributed by atoms with van der Waals surface area (Å²) < 4.78 is 0. The van der Waals surface area contributed by atoms with Gasteiger partial charge < -0.3 is 5.11 Å². The fourth-order valence-corrected chi connectivity index (χ4v) is 3.24. The van der Waals surface area contributed by atoms with Gasteiger partial charge in [-0.3, -0.25) is 4.79 Å². The predicted molar refractivity (Wildman–Crippen MR) is 111 cm³/mol. The minimum atomic E-state index is -0.0482. The predicted octanol–water partition coefficient (Wildman–Crippen LogP) is 6.01. The molecule has 0 bridgehead atoms. The van der Waals surface area contributed by atoms with Crippen molar-refractivity contribution >= 4 is 29.3 Å². The highest BCUT2D eigenvalue weighted by Crippen LogP contribution is 2.32. The zero-order chi connectivity index (χ0) is 20.6. The van der Waals surface area contributed by atoms with Crippen molar-refractivity contribution in [1.29, 1.82) is 0 Å². The lowest BCUT2D eigenvalue weighted by atomic mass is 9.80. The quantitative estimate of drug-likeness (QED) is 0.291. The van der Waals surface area contributed by atoms with Crippen LogP contribution < -0.4 is 0 Å². The first kappa shape index (κ1) is 19.9. The van der Waals surface area contributed by atoms with E-state index in [1.165, 1.54) is 0 Å². The number of allylic oxidation sites excluding steroid dienone is 2. The number of rotatable bonds is 5. The van der Waals surface area contributed by atoms with Gasteiger partial charge in [-0.1, -0.05) is 58.8 Å². The number of hydrogen-bond acceptors (Lipinski definition) is 4. The summed E-state index contributed by atoms with van der Waals surface area (Å²) in [7, 11) is 0. The summed E-state index contributed by atoms with van der Waals surface area (Å²) in [5.74, 6) is -0.0805. The van der Waals surface area contributed by atoms with Crippen LogP contribution in [0.2, 0.25) is 0 Å². The molecule has 1 unspecified atom stereocenters. The lowest BCUT2D eigenvalue weighted by molar-refractivity contribution is -0.113. The minimum Gasteiger partial charge on any atom is -0.396 e. The lowest BCUT2D eigenvalue weighted by Crippen LogP contribution is -2.22. The van der Waals surface area contributed by atoms with E-state index in [4.69, 9.17) is 11.1 Å². The first-order valence-corrected chi connectivity index (χ1v) is 9.00. The highest BCUT2D eigenvalue weighted by Gasteiger charge is 2.27. The number of azide groups is 2. The second kappa shape index (κ2) is 9.39. The highest BCUT2D eigenvalue weighted by atomic mass is 16.3. The Morgan fingerprint density at radius 1 is 0.862 bits per heavy atom. The molecule has 1 aliphatic carbocycles. The van der Waals surface area contributed by atoms with Gasteiger partial charge in [0, 0.05) is 39.0 Å². The van der Waals surface area contributed by atoms with Gasteiger partial charge in [-0.05, 0) is 53.1 Å². The Morgan fingerprint density at radius 3 is 1.62 bits per heavy atom. The van der Waals surface area contributed by atoms with Gasteiger partial charge in [0.25, 0.3) is 0 Å². The number of carbonyl (C=O) groups is 1.